The highest BCUT2D eigenvalue weighted by Crippen LogP contribution is 2.14. The smallest absolute Gasteiger partial charge is 0.326 e. The van der Waals surface area contributed by atoms with Crippen molar-refractivity contribution in [2.75, 3.05) is 6.54 Å². The van der Waals surface area contributed by atoms with Crippen LogP contribution < -0.4 is 10.6 Å². The molecule has 0 unspecified atom stereocenters. The number of rotatable bonds is 9. The van der Waals surface area contributed by atoms with Gasteiger partial charge in [-0.25, -0.2) is 4.79 Å². The first-order chi connectivity index (χ1) is 13.8. The van der Waals surface area contributed by atoms with Crippen LogP contribution in [0.25, 0.3) is 0 Å². The first-order valence-corrected chi connectivity index (χ1v) is 9.28. The van der Waals surface area contributed by atoms with E-state index in [2.05, 4.69) is 10.6 Å². The molecule has 0 fully saturated rings. The van der Waals surface area contributed by atoms with Crippen molar-refractivity contribution in [2.24, 2.45) is 5.92 Å². The summed E-state index contributed by atoms with van der Waals surface area (Å²) in [6, 6.07) is 13.9. The number of benzene rings is 2. The number of amides is 2. The lowest BCUT2D eigenvalue weighted by Crippen LogP contribution is -2.46. The Hall–Kier alpha value is -3.48. The summed E-state index contributed by atoms with van der Waals surface area (Å²) in [6.45, 7) is 3.31. The quantitative estimate of drug-likeness (QED) is 0.563. The number of carbonyl (C=O) groups excluding carboxylic acids is 3. The summed E-state index contributed by atoms with van der Waals surface area (Å²) >= 11 is 0. The molecule has 0 saturated heterocycles. The van der Waals surface area contributed by atoms with Gasteiger partial charge in [-0.15, -0.1) is 0 Å². The van der Waals surface area contributed by atoms with Crippen molar-refractivity contribution in [2.45, 2.75) is 26.3 Å². The van der Waals surface area contributed by atoms with Gasteiger partial charge in [0.1, 0.15) is 6.04 Å². The highest BCUT2D eigenvalue weighted by atomic mass is 16.4. The van der Waals surface area contributed by atoms with E-state index in [1.54, 1.807) is 48.5 Å². The van der Waals surface area contributed by atoms with Crippen molar-refractivity contribution < 1.29 is 24.3 Å². The molecule has 7 nitrogen and oxygen atoms in total. The number of hydrogen-bond acceptors (Lipinski definition) is 4. The Morgan fingerprint density at radius 3 is 2.07 bits per heavy atom. The number of carboxylic acids is 1. The Balaban J connectivity index is 2.05. The summed E-state index contributed by atoms with van der Waals surface area (Å²) in [5.74, 6) is -2.54. The van der Waals surface area contributed by atoms with E-state index in [0.29, 0.717) is 5.56 Å². The van der Waals surface area contributed by atoms with Crippen LogP contribution in [0.15, 0.2) is 54.6 Å². The molecule has 152 valence electrons. The molecule has 2 amide bonds. The molecule has 29 heavy (non-hydrogen) atoms. The lowest BCUT2D eigenvalue weighted by atomic mass is 9.98. The number of ketones is 1. The van der Waals surface area contributed by atoms with Crippen molar-refractivity contribution in [1.29, 1.82) is 0 Å². The first-order valence-electron chi connectivity index (χ1n) is 9.28. The van der Waals surface area contributed by atoms with Crippen LogP contribution in [0, 0.1) is 5.92 Å². The SMILES string of the molecule is CC(C)C[C@H](NC(=O)CNC(=O)c1ccccc1C(=O)c1ccccc1)C(=O)O. The highest BCUT2D eigenvalue weighted by Gasteiger charge is 2.22. The number of nitrogens with one attached hydrogen (secondary N) is 2. The predicted molar refractivity (Wildman–Crippen MR) is 108 cm³/mol. The summed E-state index contributed by atoms with van der Waals surface area (Å²) in [5.41, 5.74) is 0.814. The van der Waals surface area contributed by atoms with Crippen LogP contribution in [0.3, 0.4) is 0 Å². The molecular weight excluding hydrogens is 372 g/mol. The number of aliphatic carboxylic acids is 1. The average molecular weight is 396 g/mol. The minimum absolute atomic E-state index is 0.0851. The molecule has 0 bridgehead atoms. The second-order valence-corrected chi connectivity index (χ2v) is 7.01. The lowest BCUT2D eigenvalue weighted by Gasteiger charge is -2.16. The van der Waals surface area contributed by atoms with Gasteiger partial charge < -0.3 is 15.7 Å². The molecular formula is C22H24N2O5. The van der Waals surface area contributed by atoms with Gasteiger partial charge in [-0.05, 0) is 18.4 Å². The molecule has 3 N–H and O–H groups in total. The zero-order chi connectivity index (χ0) is 21.4. The van der Waals surface area contributed by atoms with Gasteiger partial charge >= 0.3 is 5.97 Å². The van der Waals surface area contributed by atoms with Crippen LogP contribution in [-0.2, 0) is 9.59 Å². The summed E-state index contributed by atoms with van der Waals surface area (Å²) in [6.07, 6.45) is 0.281. The second-order valence-electron chi connectivity index (χ2n) is 7.01. The minimum Gasteiger partial charge on any atom is -0.480 e. The van der Waals surface area contributed by atoms with Gasteiger partial charge in [-0.2, -0.15) is 0 Å². The molecule has 7 heteroatoms. The van der Waals surface area contributed by atoms with Crippen LogP contribution in [-0.4, -0.2) is 41.3 Å². The highest BCUT2D eigenvalue weighted by molar-refractivity contribution is 6.15. The van der Waals surface area contributed by atoms with E-state index in [-0.39, 0.29) is 29.2 Å². The maximum absolute atomic E-state index is 12.7. The van der Waals surface area contributed by atoms with Crippen LogP contribution in [0.2, 0.25) is 0 Å². The fraction of sp³-hybridized carbons (Fsp3) is 0.273. The number of carboxylic acid groups (broad SMARTS) is 1. The van der Waals surface area contributed by atoms with E-state index < -0.39 is 30.4 Å². The third-order valence-electron chi connectivity index (χ3n) is 4.20. The van der Waals surface area contributed by atoms with E-state index in [0.717, 1.165) is 0 Å². The molecule has 0 aliphatic heterocycles. The van der Waals surface area contributed by atoms with Gasteiger partial charge in [0.25, 0.3) is 5.91 Å². The fourth-order valence-corrected chi connectivity index (χ4v) is 2.82. The van der Waals surface area contributed by atoms with Crippen LogP contribution in [0.4, 0.5) is 0 Å². The predicted octanol–water partition coefficient (Wildman–Crippen LogP) is 2.26. The molecule has 1 atom stereocenters. The third kappa shape index (κ3) is 6.27. The zero-order valence-corrected chi connectivity index (χ0v) is 16.3. The van der Waals surface area contributed by atoms with Gasteiger partial charge in [-0.1, -0.05) is 62.4 Å². The van der Waals surface area contributed by atoms with Crippen molar-refractivity contribution in [3.8, 4) is 0 Å². The molecule has 0 aromatic heterocycles. The van der Waals surface area contributed by atoms with E-state index in [4.69, 9.17) is 0 Å². The summed E-state index contributed by atoms with van der Waals surface area (Å²) in [4.78, 5) is 48.6. The Labute approximate surface area is 169 Å². The van der Waals surface area contributed by atoms with Crippen molar-refractivity contribution in [1.82, 2.24) is 10.6 Å². The van der Waals surface area contributed by atoms with Crippen LogP contribution in [0.5, 0.6) is 0 Å². The van der Waals surface area contributed by atoms with Gasteiger partial charge in [0, 0.05) is 11.1 Å². The van der Waals surface area contributed by atoms with Crippen LogP contribution in [0.1, 0.15) is 46.5 Å². The van der Waals surface area contributed by atoms with E-state index in [1.807, 2.05) is 13.8 Å². The largest absolute Gasteiger partial charge is 0.480 e. The number of hydrogen-bond donors (Lipinski definition) is 3. The molecule has 0 aliphatic rings. The zero-order valence-electron chi connectivity index (χ0n) is 16.3. The first kappa shape index (κ1) is 21.8. The Kier molecular flexibility index (Phi) is 7.65. The Morgan fingerprint density at radius 2 is 1.48 bits per heavy atom. The second kappa shape index (κ2) is 10.2. The molecule has 0 radical (unpaired) electrons. The topological polar surface area (TPSA) is 113 Å². The average Bonchev–Trinajstić information content (AvgIpc) is 2.71. The van der Waals surface area contributed by atoms with Crippen molar-refractivity contribution in [3.05, 3.63) is 71.3 Å². The summed E-state index contributed by atoms with van der Waals surface area (Å²) < 4.78 is 0. The maximum Gasteiger partial charge on any atom is 0.326 e. The molecule has 0 aliphatic carbocycles. The molecule has 2 aromatic rings. The molecule has 0 spiro atoms. The lowest BCUT2D eigenvalue weighted by molar-refractivity contribution is -0.142. The van der Waals surface area contributed by atoms with Crippen molar-refractivity contribution in [3.63, 3.8) is 0 Å². The maximum atomic E-state index is 12.7. The summed E-state index contributed by atoms with van der Waals surface area (Å²) in [7, 11) is 0. The Bertz CT molecular complexity index is 893. The normalized spacial score (nSPS) is 11.6. The van der Waals surface area contributed by atoms with Crippen LogP contribution >= 0.6 is 0 Å². The van der Waals surface area contributed by atoms with Gasteiger partial charge in [0.05, 0.1) is 12.1 Å². The van der Waals surface area contributed by atoms with E-state index in [9.17, 15) is 24.3 Å². The molecule has 2 rings (SSSR count). The monoisotopic (exact) mass is 396 g/mol. The fourth-order valence-electron chi connectivity index (χ4n) is 2.82. The minimum atomic E-state index is -1.13. The van der Waals surface area contributed by atoms with Gasteiger partial charge in [0.15, 0.2) is 5.78 Å². The van der Waals surface area contributed by atoms with E-state index >= 15 is 0 Å². The standard InChI is InChI=1S/C22H24N2O5/c1-14(2)12-18(22(28)29)24-19(25)13-23-21(27)17-11-7-6-10-16(17)20(26)15-8-4-3-5-9-15/h3-11,14,18H,12-13H2,1-2H3,(H,23,27)(H,24,25)(H,28,29)/t18-/m0/s1. The Morgan fingerprint density at radius 1 is 0.897 bits per heavy atom. The third-order valence-corrected chi connectivity index (χ3v) is 4.20. The molecule has 2 aromatic carbocycles. The number of carbonyl (C=O) groups is 4. The van der Waals surface area contributed by atoms with Crippen molar-refractivity contribution >= 4 is 23.6 Å². The van der Waals surface area contributed by atoms with E-state index in [1.165, 1.54) is 6.07 Å². The molecule has 0 saturated carbocycles. The molecule has 0 heterocycles. The summed E-state index contributed by atoms with van der Waals surface area (Å²) in [5, 5.41) is 14.0. The van der Waals surface area contributed by atoms with Gasteiger partial charge in [0.2, 0.25) is 5.91 Å². The van der Waals surface area contributed by atoms with Gasteiger partial charge in [-0.3, -0.25) is 14.4 Å².